The lowest BCUT2D eigenvalue weighted by Gasteiger charge is -2.34. The number of aryl methyl sites for hydroxylation is 2. The van der Waals surface area contributed by atoms with Crippen LogP contribution >= 0.6 is 23.1 Å². The number of rotatable bonds is 8. The number of carbonyl (C=O) groups excluding carboxylic acids is 2. The molecular weight excluding hydrogens is 573 g/mol. The Hall–Kier alpha value is -3.42. The zero-order chi connectivity index (χ0) is 30.0. The summed E-state index contributed by atoms with van der Waals surface area (Å²) in [5.74, 6) is 2.77. The van der Waals surface area contributed by atoms with Gasteiger partial charge in [0.1, 0.15) is 23.2 Å². The van der Waals surface area contributed by atoms with Gasteiger partial charge in [-0.2, -0.15) is 0 Å². The number of nitrogens with zero attached hydrogens (tertiary/aromatic N) is 7. The summed E-state index contributed by atoms with van der Waals surface area (Å²) in [6, 6.07) is 5.78. The molecule has 0 radical (unpaired) electrons. The second kappa shape index (κ2) is 12.8. The molecule has 0 spiro atoms. The van der Waals surface area contributed by atoms with E-state index < -0.39 is 0 Å². The van der Waals surface area contributed by atoms with E-state index in [-0.39, 0.29) is 11.8 Å². The number of piperazine rings is 1. The van der Waals surface area contributed by atoms with Crippen molar-refractivity contribution in [3.63, 3.8) is 0 Å². The molecule has 1 N–H and O–H groups in total. The van der Waals surface area contributed by atoms with Crippen molar-refractivity contribution in [1.82, 2.24) is 29.7 Å². The van der Waals surface area contributed by atoms with Gasteiger partial charge in [0, 0.05) is 51.1 Å². The maximum absolute atomic E-state index is 13.5. The first-order valence-corrected chi connectivity index (χ1v) is 15.7. The molecule has 1 unspecified atom stereocenters. The van der Waals surface area contributed by atoms with E-state index >= 15 is 0 Å². The number of anilines is 3. The van der Waals surface area contributed by atoms with Crippen molar-refractivity contribution in [2.75, 3.05) is 64.1 Å². The predicted molar refractivity (Wildman–Crippen MR) is 166 cm³/mol. The Balaban J connectivity index is 1.30. The monoisotopic (exact) mass is 610 g/mol. The van der Waals surface area contributed by atoms with E-state index in [1.807, 2.05) is 38.2 Å². The highest BCUT2D eigenvalue weighted by Gasteiger charge is 2.27. The van der Waals surface area contributed by atoms with Gasteiger partial charge in [0.2, 0.25) is 5.91 Å². The van der Waals surface area contributed by atoms with Crippen molar-refractivity contribution < 1.29 is 14.3 Å². The number of aromatic nitrogens is 3. The van der Waals surface area contributed by atoms with Gasteiger partial charge < -0.3 is 24.8 Å². The first kappa shape index (κ1) is 30.1. The number of likely N-dealkylation sites (tertiary alicyclic amines) is 1. The summed E-state index contributed by atoms with van der Waals surface area (Å²) in [5, 5.41) is 4.09. The molecule has 13 heteroatoms. The number of benzene rings is 1. The predicted octanol–water partition coefficient (Wildman–Crippen LogP) is 4.25. The summed E-state index contributed by atoms with van der Waals surface area (Å²) in [5.41, 5.74) is 1.53. The van der Waals surface area contributed by atoms with E-state index in [9.17, 15) is 9.59 Å². The van der Waals surface area contributed by atoms with Crippen LogP contribution in [-0.4, -0.2) is 102 Å². The van der Waals surface area contributed by atoms with Crippen molar-refractivity contribution in [1.29, 1.82) is 0 Å². The lowest BCUT2D eigenvalue weighted by Crippen LogP contribution is -2.50. The molecule has 11 nitrogen and oxygen atoms in total. The van der Waals surface area contributed by atoms with Crippen LogP contribution in [-0.2, 0) is 4.79 Å². The highest BCUT2D eigenvalue weighted by molar-refractivity contribution is 8.01. The third-order valence-corrected chi connectivity index (χ3v) is 9.96. The van der Waals surface area contributed by atoms with Crippen LogP contribution in [0.5, 0.6) is 5.75 Å². The Morgan fingerprint density at radius 3 is 2.50 bits per heavy atom. The van der Waals surface area contributed by atoms with Gasteiger partial charge in [-0.3, -0.25) is 14.5 Å². The van der Waals surface area contributed by atoms with Crippen LogP contribution in [0.1, 0.15) is 41.5 Å². The van der Waals surface area contributed by atoms with E-state index in [1.54, 1.807) is 35.6 Å². The molecule has 1 aromatic carbocycles. The molecule has 5 rings (SSSR count). The zero-order valence-electron chi connectivity index (χ0n) is 25.0. The smallest absolute Gasteiger partial charge is 0.257 e. The maximum atomic E-state index is 13.5. The molecule has 2 saturated heterocycles. The summed E-state index contributed by atoms with van der Waals surface area (Å²) in [7, 11) is 5.81. The van der Waals surface area contributed by atoms with Gasteiger partial charge in [0.15, 0.2) is 5.13 Å². The first-order chi connectivity index (χ1) is 20.1. The minimum Gasteiger partial charge on any atom is -0.496 e. The van der Waals surface area contributed by atoms with Crippen molar-refractivity contribution in [2.45, 2.75) is 48.9 Å². The van der Waals surface area contributed by atoms with Gasteiger partial charge in [-0.05, 0) is 58.0 Å². The average Bonchev–Trinajstić information content (AvgIpc) is 3.61. The summed E-state index contributed by atoms with van der Waals surface area (Å²) < 4.78 is 6.57. The molecule has 0 aliphatic carbocycles. The summed E-state index contributed by atoms with van der Waals surface area (Å²) in [6.45, 7) is 8.63. The van der Waals surface area contributed by atoms with Gasteiger partial charge in [-0.25, -0.2) is 15.0 Å². The van der Waals surface area contributed by atoms with Gasteiger partial charge >= 0.3 is 0 Å². The Morgan fingerprint density at radius 1 is 1.10 bits per heavy atom. The molecule has 2 aliphatic heterocycles. The first-order valence-electron chi connectivity index (χ1n) is 14.1. The Bertz CT molecular complexity index is 1460. The Morgan fingerprint density at radius 2 is 1.83 bits per heavy atom. The molecule has 0 saturated carbocycles. The van der Waals surface area contributed by atoms with Crippen molar-refractivity contribution in [2.24, 2.45) is 0 Å². The molecule has 2 aromatic heterocycles. The number of carbonyl (C=O) groups is 2. The minimum absolute atomic E-state index is 0.0339. The van der Waals surface area contributed by atoms with Crippen LogP contribution in [0.25, 0.3) is 0 Å². The normalized spacial score (nSPS) is 17.4. The number of hydrogen-bond acceptors (Lipinski definition) is 11. The highest BCUT2D eigenvalue weighted by atomic mass is 32.2. The number of nitrogens with one attached hydrogen (secondary N) is 1. The topological polar surface area (TPSA) is 107 Å². The standard InChI is InChI=1S/C29H38N8O3S2/c1-18-14-22(40-6)21(28(39)37-12-10-36(11-13-37)20(3)38)15-23(18)41-27-17-30-29(42-27)33-24-16-25(32-19(2)31-24)35(5)26-8-7-9-34(26)4/h14-17,26H,7-13H2,1-6H3,(H,30,31,32,33). The third kappa shape index (κ3) is 6.63. The average molecular weight is 611 g/mol. The van der Waals surface area contributed by atoms with E-state index in [1.165, 1.54) is 17.8 Å². The van der Waals surface area contributed by atoms with Crippen LogP contribution in [0.2, 0.25) is 0 Å². The second-order valence-corrected chi connectivity index (χ2v) is 13.1. The van der Waals surface area contributed by atoms with Crippen molar-refractivity contribution >= 4 is 51.7 Å². The summed E-state index contributed by atoms with van der Waals surface area (Å²) in [4.78, 5) is 48.1. The number of methoxy groups -OCH3 is 1. The molecule has 0 bridgehead atoms. The fourth-order valence-corrected chi connectivity index (χ4v) is 7.36. The Kier molecular flexibility index (Phi) is 9.19. The van der Waals surface area contributed by atoms with Crippen LogP contribution < -0.4 is 15.0 Å². The molecule has 2 aliphatic rings. The SMILES string of the molecule is COc1cc(C)c(Sc2cnc(Nc3cc(N(C)C4CCCN4C)nc(C)n3)s2)cc1C(=O)N1CCN(C(C)=O)CC1. The van der Waals surface area contributed by atoms with Gasteiger partial charge in [0.05, 0.1) is 29.2 Å². The highest BCUT2D eigenvalue weighted by Crippen LogP contribution is 2.39. The third-order valence-electron chi connectivity index (χ3n) is 7.78. The Labute approximate surface area is 255 Å². The number of thiazole rings is 1. The van der Waals surface area contributed by atoms with Crippen LogP contribution in [0.4, 0.5) is 16.8 Å². The molecular formula is C29H38N8O3S2. The lowest BCUT2D eigenvalue weighted by molar-refractivity contribution is -0.130. The quantitative estimate of drug-likeness (QED) is 0.398. The van der Waals surface area contributed by atoms with E-state index in [4.69, 9.17) is 4.74 Å². The number of hydrogen-bond donors (Lipinski definition) is 1. The summed E-state index contributed by atoms with van der Waals surface area (Å²) >= 11 is 3.09. The minimum atomic E-state index is -0.0905. The molecule has 2 amide bonds. The fraction of sp³-hybridized carbons (Fsp3) is 0.483. The largest absolute Gasteiger partial charge is 0.496 e. The van der Waals surface area contributed by atoms with E-state index in [0.717, 1.165) is 38.6 Å². The van der Waals surface area contributed by atoms with Crippen LogP contribution in [0.15, 0.2) is 33.5 Å². The molecule has 4 heterocycles. The van der Waals surface area contributed by atoms with Crippen molar-refractivity contribution in [3.05, 3.63) is 41.3 Å². The molecule has 3 aromatic rings. The molecule has 224 valence electrons. The number of amides is 2. The zero-order valence-corrected chi connectivity index (χ0v) is 26.6. The summed E-state index contributed by atoms with van der Waals surface area (Å²) in [6.07, 6.45) is 4.45. The van der Waals surface area contributed by atoms with E-state index in [2.05, 4.69) is 44.2 Å². The molecule has 42 heavy (non-hydrogen) atoms. The van der Waals surface area contributed by atoms with Gasteiger partial charge in [0.25, 0.3) is 5.91 Å². The van der Waals surface area contributed by atoms with Gasteiger partial charge in [-0.1, -0.05) is 23.1 Å². The molecule has 2 fully saturated rings. The fourth-order valence-electron chi connectivity index (χ4n) is 5.42. The van der Waals surface area contributed by atoms with E-state index in [0.29, 0.717) is 55.3 Å². The van der Waals surface area contributed by atoms with Crippen LogP contribution in [0, 0.1) is 13.8 Å². The van der Waals surface area contributed by atoms with Gasteiger partial charge in [-0.15, -0.1) is 0 Å². The number of ether oxygens (including phenoxy) is 1. The lowest BCUT2D eigenvalue weighted by atomic mass is 10.1. The second-order valence-electron chi connectivity index (χ2n) is 10.7. The molecule has 1 atom stereocenters. The van der Waals surface area contributed by atoms with Crippen LogP contribution in [0.3, 0.4) is 0 Å². The maximum Gasteiger partial charge on any atom is 0.257 e. The van der Waals surface area contributed by atoms with Crippen molar-refractivity contribution in [3.8, 4) is 5.75 Å².